The van der Waals surface area contributed by atoms with E-state index in [1.165, 1.54) is 21.8 Å². The Morgan fingerprint density at radius 3 is 1.82 bits per heavy atom. The first kappa shape index (κ1) is 24.6. The van der Waals surface area contributed by atoms with Crippen molar-refractivity contribution in [2.75, 3.05) is 0 Å². The molecule has 0 aliphatic rings. The van der Waals surface area contributed by atoms with E-state index in [0.717, 1.165) is 61.3 Å². The van der Waals surface area contributed by atoms with Crippen LogP contribution in [0.25, 0.3) is 83.1 Å². The molecule has 0 amide bonds. The van der Waals surface area contributed by atoms with E-state index in [4.69, 9.17) is 9.40 Å². The summed E-state index contributed by atoms with van der Waals surface area (Å²) in [6.45, 7) is 0. The van der Waals surface area contributed by atoms with Gasteiger partial charge in [0.1, 0.15) is 11.1 Å². The molecule has 0 bridgehead atoms. The fourth-order valence-electron chi connectivity index (χ4n) is 6.54. The van der Waals surface area contributed by atoms with E-state index in [2.05, 4.69) is 138 Å². The van der Waals surface area contributed by atoms with Gasteiger partial charge in [-0.15, -0.1) is 0 Å². The van der Waals surface area contributed by atoms with Crippen LogP contribution in [0.1, 0.15) is 0 Å². The quantitative estimate of drug-likeness (QED) is 0.214. The Labute approximate surface area is 254 Å². The molecule has 206 valence electrons. The van der Waals surface area contributed by atoms with Gasteiger partial charge < -0.3 is 8.98 Å². The number of pyridine rings is 1. The normalized spacial score (nSPS) is 11.6. The molecule has 0 atom stereocenters. The second-order valence-electron chi connectivity index (χ2n) is 11.2. The van der Waals surface area contributed by atoms with Gasteiger partial charge in [-0.25, -0.2) is 4.98 Å². The number of hydrogen-bond acceptors (Lipinski definition) is 2. The van der Waals surface area contributed by atoms with Crippen LogP contribution in [-0.2, 0) is 0 Å². The molecule has 0 aliphatic carbocycles. The first-order chi connectivity index (χ1) is 21.8. The molecule has 0 radical (unpaired) electrons. The Morgan fingerprint density at radius 1 is 0.455 bits per heavy atom. The van der Waals surface area contributed by atoms with Crippen LogP contribution in [0, 0.1) is 0 Å². The summed E-state index contributed by atoms with van der Waals surface area (Å²) in [5, 5.41) is 3.55. The van der Waals surface area contributed by atoms with Gasteiger partial charge in [0.2, 0.25) is 0 Å². The lowest BCUT2D eigenvalue weighted by atomic mass is 9.98. The molecule has 0 spiro atoms. The monoisotopic (exact) mass is 562 g/mol. The van der Waals surface area contributed by atoms with Crippen LogP contribution in [0.4, 0.5) is 0 Å². The van der Waals surface area contributed by atoms with Crippen molar-refractivity contribution >= 4 is 43.9 Å². The third-order valence-electron chi connectivity index (χ3n) is 8.59. The lowest BCUT2D eigenvalue weighted by Crippen LogP contribution is -1.94. The topological polar surface area (TPSA) is 31.0 Å². The molecule has 3 heterocycles. The standard InChI is InChI=1S/C41H26N2O/c1-2-12-27(13-3-1)35-26-36(42-40-34-20-6-9-23-39(34)44-41(35)40)30-16-10-14-28(24-30)29-15-11-17-31(25-29)43-37-21-7-4-18-32(37)33-19-5-8-22-38(33)43/h1-26H. The first-order valence-corrected chi connectivity index (χ1v) is 14.9. The molecule has 9 aromatic rings. The average molecular weight is 563 g/mol. The van der Waals surface area contributed by atoms with Crippen LogP contribution in [-0.4, -0.2) is 9.55 Å². The maximum Gasteiger partial charge on any atom is 0.161 e. The molecule has 0 saturated carbocycles. The number of fused-ring (bicyclic) bond motifs is 6. The lowest BCUT2D eigenvalue weighted by molar-refractivity contribution is 0.669. The van der Waals surface area contributed by atoms with Gasteiger partial charge in [-0.3, -0.25) is 0 Å². The maximum absolute atomic E-state index is 6.37. The number of rotatable bonds is 4. The smallest absolute Gasteiger partial charge is 0.161 e. The first-order valence-electron chi connectivity index (χ1n) is 14.9. The van der Waals surface area contributed by atoms with Crippen LogP contribution in [0.3, 0.4) is 0 Å². The Kier molecular flexibility index (Phi) is 5.50. The summed E-state index contributed by atoms with van der Waals surface area (Å²) in [7, 11) is 0. The molecule has 0 saturated heterocycles. The molecule has 0 unspecified atom stereocenters. The summed E-state index contributed by atoms with van der Waals surface area (Å²) in [5.41, 5.74) is 12.5. The number of nitrogens with zero attached hydrogens (tertiary/aromatic N) is 2. The van der Waals surface area contributed by atoms with Gasteiger partial charge in [-0.05, 0) is 65.2 Å². The van der Waals surface area contributed by atoms with E-state index in [1.54, 1.807) is 0 Å². The number of furan rings is 1. The summed E-state index contributed by atoms with van der Waals surface area (Å²) in [6, 6.07) is 55.5. The molecule has 0 N–H and O–H groups in total. The van der Waals surface area contributed by atoms with E-state index >= 15 is 0 Å². The second-order valence-corrected chi connectivity index (χ2v) is 11.2. The number of aromatic nitrogens is 2. The van der Waals surface area contributed by atoms with Crippen LogP contribution in [0.5, 0.6) is 0 Å². The van der Waals surface area contributed by atoms with Gasteiger partial charge in [0.15, 0.2) is 5.58 Å². The maximum atomic E-state index is 6.37. The number of benzene rings is 6. The van der Waals surface area contributed by atoms with Crippen molar-refractivity contribution in [1.29, 1.82) is 0 Å². The fraction of sp³-hybridized carbons (Fsp3) is 0. The summed E-state index contributed by atoms with van der Waals surface area (Å²) < 4.78 is 8.73. The van der Waals surface area contributed by atoms with E-state index < -0.39 is 0 Å². The minimum absolute atomic E-state index is 0.816. The molecule has 0 fully saturated rings. The van der Waals surface area contributed by atoms with Crippen LogP contribution < -0.4 is 0 Å². The van der Waals surface area contributed by atoms with Crippen LogP contribution >= 0.6 is 0 Å². The highest BCUT2D eigenvalue weighted by Gasteiger charge is 2.17. The van der Waals surface area contributed by atoms with Crippen molar-refractivity contribution in [1.82, 2.24) is 9.55 Å². The van der Waals surface area contributed by atoms with Crippen molar-refractivity contribution < 1.29 is 4.42 Å². The van der Waals surface area contributed by atoms with Gasteiger partial charge in [0.05, 0.1) is 16.7 Å². The predicted octanol–water partition coefficient (Wildman–Crippen LogP) is 11.1. The van der Waals surface area contributed by atoms with E-state index in [1.807, 2.05) is 24.3 Å². The van der Waals surface area contributed by atoms with Gasteiger partial charge >= 0.3 is 0 Å². The molecule has 3 aromatic heterocycles. The van der Waals surface area contributed by atoms with E-state index in [-0.39, 0.29) is 0 Å². The summed E-state index contributed by atoms with van der Waals surface area (Å²) in [5.74, 6) is 0. The molecule has 3 heteroatoms. The fourth-order valence-corrected chi connectivity index (χ4v) is 6.54. The van der Waals surface area contributed by atoms with Crippen molar-refractivity contribution in [3.8, 4) is 39.2 Å². The third kappa shape index (κ3) is 3.87. The van der Waals surface area contributed by atoms with Crippen molar-refractivity contribution in [3.63, 3.8) is 0 Å². The zero-order valence-corrected chi connectivity index (χ0v) is 23.8. The molecule has 3 nitrogen and oxygen atoms in total. The van der Waals surface area contributed by atoms with Gasteiger partial charge in [-0.1, -0.05) is 109 Å². The molecule has 0 aliphatic heterocycles. The zero-order valence-electron chi connectivity index (χ0n) is 23.8. The molecule has 6 aromatic carbocycles. The molecule has 9 rings (SSSR count). The highest BCUT2D eigenvalue weighted by Crippen LogP contribution is 2.38. The van der Waals surface area contributed by atoms with Crippen molar-refractivity contribution in [2.45, 2.75) is 0 Å². The van der Waals surface area contributed by atoms with Gasteiger partial charge in [-0.2, -0.15) is 0 Å². The predicted molar refractivity (Wildman–Crippen MR) is 182 cm³/mol. The second kappa shape index (κ2) is 9.82. The highest BCUT2D eigenvalue weighted by molar-refractivity contribution is 6.10. The van der Waals surface area contributed by atoms with E-state index in [0.29, 0.717) is 0 Å². The van der Waals surface area contributed by atoms with Crippen molar-refractivity contribution in [2.24, 2.45) is 0 Å². The summed E-state index contributed by atoms with van der Waals surface area (Å²) in [4.78, 5) is 5.18. The lowest BCUT2D eigenvalue weighted by Gasteiger charge is -2.12. The number of hydrogen-bond donors (Lipinski definition) is 0. The highest BCUT2D eigenvalue weighted by atomic mass is 16.3. The Bertz CT molecular complexity index is 2450. The number of para-hydroxylation sites is 3. The molecular formula is C41H26N2O. The Morgan fingerprint density at radius 2 is 1.05 bits per heavy atom. The Hall–Kier alpha value is -5.93. The minimum atomic E-state index is 0.816. The zero-order chi connectivity index (χ0) is 29.0. The van der Waals surface area contributed by atoms with Crippen molar-refractivity contribution in [3.05, 3.63) is 158 Å². The van der Waals surface area contributed by atoms with Crippen LogP contribution in [0.15, 0.2) is 162 Å². The molecular weight excluding hydrogens is 536 g/mol. The van der Waals surface area contributed by atoms with E-state index in [9.17, 15) is 0 Å². The van der Waals surface area contributed by atoms with Gasteiger partial charge in [0.25, 0.3) is 0 Å². The summed E-state index contributed by atoms with van der Waals surface area (Å²) in [6.07, 6.45) is 0. The molecule has 44 heavy (non-hydrogen) atoms. The Balaban J connectivity index is 1.20. The minimum Gasteiger partial charge on any atom is -0.454 e. The average Bonchev–Trinajstić information content (AvgIpc) is 3.64. The largest absolute Gasteiger partial charge is 0.454 e. The third-order valence-corrected chi connectivity index (χ3v) is 8.59. The van der Waals surface area contributed by atoms with Gasteiger partial charge in [0, 0.05) is 33.0 Å². The summed E-state index contributed by atoms with van der Waals surface area (Å²) >= 11 is 0. The SMILES string of the molecule is c1ccc(-c2cc(-c3cccc(-c4cccc(-n5c6ccccc6c6ccccc65)c4)c3)nc3c2oc2ccccc23)cc1. The van der Waals surface area contributed by atoms with Crippen LogP contribution in [0.2, 0.25) is 0 Å².